The molecule has 0 unspecified atom stereocenters. The van der Waals surface area contributed by atoms with Crippen molar-refractivity contribution in [3.05, 3.63) is 114 Å². The summed E-state index contributed by atoms with van der Waals surface area (Å²) < 4.78 is 13.7. The van der Waals surface area contributed by atoms with Crippen molar-refractivity contribution in [1.82, 2.24) is 18.9 Å². The highest BCUT2D eigenvalue weighted by atomic mass is 16.5. The minimum absolute atomic E-state index is 0.0753. The first-order chi connectivity index (χ1) is 20.7. The molecular formula is C34H38N4O5. The number of aromatic nitrogens is 2. The number of carbonyl (C=O) groups excluding carboxylic acids is 1. The van der Waals surface area contributed by atoms with Crippen LogP contribution in [0.25, 0.3) is 11.6 Å². The van der Waals surface area contributed by atoms with Crippen LogP contribution in [0.1, 0.15) is 23.1 Å². The minimum atomic E-state index is -0.261. The van der Waals surface area contributed by atoms with Crippen LogP contribution in [0.3, 0.4) is 0 Å². The maximum absolute atomic E-state index is 13.4. The highest BCUT2D eigenvalue weighted by Gasteiger charge is 2.21. The SMILES string of the molecule is COc1cc2c(cc1OC)CN(CCN(C)C(=O)C1=CCC(=c3c(=O)n(C)c(=Cc4ccccc4)c(=O)n3C)C=C1)CC2. The maximum Gasteiger partial charge on any atom is 0.275 e. The van der Waals surface area contributed by atoms with E-state index in [9.17, 15) is 14.4 Å². The zero-order valence-electron chi connectivity index (χ0n) is 25.4. The summed E-state index contributed by atoms with van der Waals surface area (Å²) in [6.45, 7) is 3.02. The Labute approximate surface area is 250 Å². The lowest BCUT2D eigenvalue weighted by atomic mass is 9.98. The molecular weight excluding hydrogens is 544 g/mol. The number of allylic oxidation sites excluding steroid dienone is 2. The van der Waals surface area contributed by atoms with Gasteiger partial charge in [-0.3, -0.25) is 19.3 Å². The number of hydrogen-bond acceptors (Lipinski definition) is 6. The lowest BCUT2D eigenvalue weighted by Crippen LogP contribution is -2.57. The quantitative estimate of drug-likeness (QED) is 0.420. The van der Waals surface area contributed by atoms with E-state index in [0.29, 0.717) is 34.8 Å². The Balaban J connectivity index is 1.28. The summed E-state index contributed by atoms with van der Waals surface area (Å²) in [6.07, 6.45) is 8.36. The Morgan fingerprint density at radius 2 is 1.65 bits per heavy atom. The van der Waals surface area contributed by atoms with Gasteiger partial charge in [-0.15, -0.1) is 0 Å². The molecule has 0 spiro atoms. The van der Waals surface area contributed by atoms with Crippen LogP contribution in [-0.4, -0.2) is 65.7 Å². The summed E-state index contributed by atoms with van der Waals surface area (Å²) >= 11 is 0. The second kappa shape index (κ2) is 12.7. The van der Waals surface area contributed by atoms with Gasteiger partial charge in [-0.2, -0.15) is 0 Å². The summed E-state index contributed by atoms with van der Waals surface area (Å²) in [5.74, 6) is 1.39. The fourth-order valence-corrected chi connectivity index (χ4v) is 5.67. The van der Waals surface area contributed by atoms with Crippen LogP contribution in [0.5, 0.6) is 11.5 Å². The third-order valence-corrected chi connectivity index (χ3v) is 8.28. The highest BCUT2D eigenvalue weighted by molar-refractivity contribution is 5.97. The Bertz CT molecular complexity index is 1850. The Hall–Kier alpha value is -4.63. The molecule has 0 radical (unpaired) electrons. The van der Waals surface area contributed by atoms with Crippen molar-refractivity contribution in [2.24, 2.45) is 14.1 Å². The van der Waals surface area contributed by atoms with Crippen molar-refractivity contribution in [1.29, 1.82) is 0 Å². The molecule has 0 bridgehead atoms. The van der Waals surface area contributed by atoms with Gasteiger partial charge < -0.3 is 23.5 Å². The first-order valence-electron chi connectivity index (χ1n) is 14.4. The summed E-state index contributed by atoms with van der Waals surface area (Å²) in [5, 5.41) is 0.636. The predicted octanol–water partition coefficient (Wildman–Crippen LogP) is 1.48. The molecule has 224 valence electrons. The number of amides is 1. The summed E-state index contributed by atoms with van der Waals surface area (Å²) in [5.41, 5.74) is 4.07. The van der Waals surface area contributed by atoms with E-state index >= 15 is 0 Å². The van der Waals surface area contributed by atoms with Gasteiger partial charge in [-0.25, -0.2) is 0 Å². The second-order valence-corrected chi connectivity index (χ2v) is 11.0. The number of rotatable bonds is 7. The van der Waals surface area contributed by atoms with Crippen LogP contribution >= 0.6 is 0 Å². The molecule has 2 heterocycles. The molecule has 1 aromatic heterocycles. The van der Waals surface area contributed by atoms with Gasteiger partial charge in [-0.1, -0.05) is 42.5 Å². The van der Waals surface area contributed by atoms with E-state index in [1.807, 2.05) is 49.5 Å². The maximum atomic E-state index is 13.4. The first kappa shape index (κ1) is 29.8. The number of ether oxygens (including phenoxy) is 2. The molecule has 9 heteroatoms. The van der Waals surface area contributed by atoms with Crippen LogP contribution < -0.4 is 31.3 Å². The molecule has 43 heavy (non-hydrogen) atoms. The van der Waals surface area contributed by atoms with Crippen LogP contribution in [0, 0.1) is 0 Å². The fourth-order valence-electron chi connectivity index (χ4n) is 5.67. The fraction of sp³-hybridized carbons (Fsp3) is 0.324. The van der Waals surface area contributed by atoms with E-state index in [1.165, 1.54) is 20.3 Å². The van der Waals surface area contributed by atoms with Gasteiger partial charge in [0.2, 0.25) is 0 Å². The van der Waals surface area contributed by atoms with Crippen molar-refractivity contribution < 1.29 is 14.3 Å². The molecule has 2 aromatic carbocycles. The van der Waals surface area contributed by atoms with Gasteiger partial charge in [0.05, 0.1) is 14.2 Å². The Morgan fingerprint density at radius 3 is 2.30 bits per heavy atom. The molecule has 0 saturated carbocycles. The zero-order chi connectivity index (χ0) is 30.7. The van der Waals surface area contributed by atoms with Gasteiger partial charge in [-0.05, 0) is 59.4 Å². The van der Waals surface area contributed by atoms with E-state index in [-0.39, 0.29) is 17.0 Å². The van der Waals surface area contributed by atoms with Crippen LogP contribution in [0.15, 0.2) is 75.9 Å². The van der Waals surface area contributed by atoms with Gasteiger partial charge in [0.25, 0.3) is 17.0 Å². The lowest BCUT2D eigenvalue weighted by Gasteiger charge is -2.31. The van der Waals surface area contributed by atoms with Gasteiger partial charge >= 0.3 is 0 Å². The van der Waals surface area contributed by atoms with Gasteiger partial charge in [0.15, 0.2) is 11.5 Å². The normalized spacial score (nSPS) is 16.5. The summed E-state index contributed by atoms with van der Waals surface area (Å²) in [7, 11) is 8.33. The van der Waals surface area contributed by atoms with Crippen molar-refractivity contribution in [2.75, 3.05) is 40.9 Å². The Morgan fingerprint density at radius 1 is 0.953 bits per heavy atom. The number of benzene rings is 2. The van der Waals surface area contributed by atoms with Crippen molar-refractivity contribution >= 4 is 17.6 Å². The number of carbonyl (C=O) groups is 1. The van der Waals surface area contributed by atoms with E-state index in [1.54, 1.807) is 51.4 Å². The third kappa shape index (κ3) is 6.12. The summed E-state index contributed by atoms with van der Waals surface area (Å²) in [6, 6.07) is 13.5. The van der Waals surface area contributed by atoms with E-state index in [4.69, 9.17) is 9.47 Å². The van der Waals surface area contributed by atoms with Crippen molar-refractivity contribution in [2.45, 2.75) is 19.4 Å². The van der Waals surface area contributed by atoms with Crippen LogP contribution in [0.2, 0.25) is 0 Å². The van der Waals surface area contributed by atoms with Crippen molar-refractivity contribution in [3.8, 4) is 11.5 Å². The Kier molecular flexibility index (Phi) is 8.82. The smallest absolute Gasteiger partial charge is 0.275 e. The number of fused-ring (bicyclic) bond motifs is 1. The molecule has 0 saturated heterocycles. The monoisotopic (exact) mass is 582 g/mol. The zero-order valence-corrected chi connectivity index (χ0v) is 25.4. The number of methoxy groups -OCH3 is 2. The molecule has 9 nitrogen and oxygen atoms in total. The highest BCUT2D eigenvalue weighted by Crippen LogP contribution is 2.33. The van der Waals surface area contributed by atoms with E-state index < -0.39 is 0 Å². The molecule has 0 N–H and O–H groups in total. The van der Waals surface area contributed by atoms with Crippen LogP contribution in [0.4, 0.5) is 0 Å². The second-order valence-electron chi connectivity index (χ2n) is 11.0. The molecule has 3 aromatic rings. The minimum Gasteiger partial charge on any atom is -0.493 e. The molecule has 1 aliphatic heterocycles. The lowest BCUT2D eigenvalue weighted by molar-refractivity contribution is -0.125. The standard InChI is InChI=1S/C34H38N4O5/c1-35(17-18-38-16-15-26-20-29(42-4)30(43-5)21-27(26)22-38)32(39)25-13-11-24(12-14-25)31-34(41)36(2)28(33(40)37(31)3)19-23-9-7-6-8-10-23/h6-11,13-14,19-21H,12,15-18,22H2,1-5H3. The third-order valence-electron chi connectivity index (χ3n) is 8.28. The summed E-state index contributed by atoms with van der Waals surface area (Å²) in [4.78, 5) is 43.9. The van der Waals surface area contributed by atoms with Crippen molar-refractivity contribution in [3.63, 3.8) is 0 Å². The topological polar surface area (TPSA) is 86.0 Å². The molecule has 0 fully saturated rings. The van der Waals surface area contributed by atoms with E-state index in [0.717, 1.165) is 43.1 Å². The average Bonchev–Trinajstić information content (AvgIpc) is 3.04. The first-order valence-corrected chi connectivity index (χ1v) is 14.4. The molecule has 1 amide bonds. The van der Waals surface area contributed by atoms with Crippen LogP contribution in [-0.2, 0) is 31.9 Å². The van der Waals surface area contributed by atoms with E-state index in [2.05, 4.69) is 11.0 Å². The molecule has 2 aliphatic rings. The predicted molar refractivity (Wildman–Crippen MR) is 168 cm³/mol. The molecule has 5 rings (SSSR count). The molecule has 0 atom stereocenters. The number of nitrogens with zero attached hydrogens (tertiary/aromatic N) is 4. The number of hydrogen-bond donors (Lipinski definition) is 0. The van der Waals surface area contributed by atoms with Gasteiger partial charge in [0, 0.05) is 52.9 Å². The largest absolute Gasteiger partial charge is 0.493 e. The number of likely N-dealkylation sites (N-methyl/N-ethyl adjacent to an activating group) is 1. The average molecular weight is 583 g/mol. The molecule has 1 aliphatic carbocycles. The van der Waals surface area contributed by atoms with Gasteiger partial charge in [0.1, 0.15) is 10.7 Å².